The number of rotatable bonds is 4. The van der Waals surface area contributed by atoms with Crippen LogP contribution in [0.15, 0.2) is 53.7 Å². The molecule has 0 bridgehead atoms. The van der Waals surface area contributed by atoms with Gasteiger partial charge in [-0.15, -0.1) is 6.42 Å². The molecule has 0 saturated carbocycles. The molecule has 0 fully saturated rings. The van der Waals surface area contributed by atoms with Crippen LogP contribution in [0.1, 0.15) is 17.2 Å². The van der Waals surface area contributed by atoms with E-state index in [9.17, 15) is 13.2 Å². The SMILES string of the molecule is C#CC(OC(=O)NS(=O)(=O)c1ccc(C)cc1)c1cccnc1. The number of ether oxygens (including phenoxy) is 1. The van der Waals surface area contributed by atoms with Crippen LogP contribution in [0.5, 0.6) is 0 Å². The molecule has 6 nitrogen and oxygen atoms in total. The smallest absolute Gasteiger partial charge is 0.422 e. The molecule has 118 valence electrons. The van der Waals surface area contributed by atoms with Crippen LogP contribution in [0.25, 0.3) is 0 Å². The molecule has 2 rings (SSSR count). The number of benzene rings is 1. The van der Waals surface area contributed by atoms with Gasteiger partial charge in [0.05, 0.1) is 4.90 Å². The lowest BCUT2D eigenvalue weighted by molar-refractivity contribution is 0.129. The summed E-state index contributed by atoms with van der Waals surface area (Å²) in [4.78, 5) is 15.6. The highest BCUT2D eigenvalue weighted by atomic mass is 32.2. The second-order valence-corrected chi connectivity index (χ2v) is 6.34. The summed E-state index contributed by atoms with van der Waals surface area (Å²) < 4.78 is 31.0. The van der Waals surface area contributed by atoms with Crippen LogP contribution in [0.4, 0.5) is 4.79 Å². The molecule has 1 amide bonds. The molecular weight excluding hydrogens is 316 g/mol. The lowest BCUT2D eigenvalue weighted by Gasteiger charge is -2.13. The first-order valence-electron chi connectivity index (χ1n) is 6.58. The molecule has 0 saturated heterocycles. The predicted molar refractivity (Wildman–Crippen MR) is 83.8 cm³/mol. The number of pyridine rings is 1. The van der Waals surface area contributed by atoms with Gasteiger partial charge in [-0.2, -0.15) is 0 Å². The van der Waals surface area contributed by atoms with Crippen molar-refractivity contribution >= 4 is 16.1 Å². The Hall–Kier alpha value is -2.85. The van der Waals surface area contributed by atoms with Gasteiger partial charge in [0.2, 0.25) is 0 Å². The summed E-state index contributed by atoms with van der Waals surface area (Å²) in [6, 6.07) is 9.29. The number of amides is 1. The minimum atomic E-state index is -4.02. The molecule has 0 spiro atoms. The standard InChI is InChI=1S/C16H14N2O4S/c1-3-15(13-5-4-10-17-11-13)22-16(19)18-23(20,21)14-8-6-12(2)7-9-14/h1,4-11,15H,2H3,(H,18,19). The summed E-state index contributed by atoms with van der Waals surface area (Å²) in [6.45, 7) is 1.82. The third-order valence-electron chi connectivity index (χ3n) is 2.91. The Morgan fingerprint density at radius 2 is 2.00 bits per heavy atom. The van der Waals surface area contributed by atoms with Crippen molar-refractivity contribution in [3.63, 3.8) is 0 Å². The molecule has 1 aromatic carbocycles. The Morgan fingerprint density at radius 1 is 1.30 bits per heavy atom. The zero-order valence-electron chi connectivity index (χ0n) is 12.3. The van der Waals surface area contributed by atoms with Gasteiger partial charge in [-0.05, 0) is 25.1 Å². The molecule has 2 aromatic rings. The van der Waals surface area contributed by atoms with Crippen LogP contribution >= 0.6 is 0 Å². The summed E-state index contributed by atoms with van der Waals surface area (Å²) in [7, 11) is -4.02. The molecule has 0 radical (unpaired) electrons. The second-order valence-electron chi connectivity index (χ2n) is 4.66. The van der Waals surface area contributed by atoms with Gasteiger partial charge in [0.1, 0.15) is 0 Å². The first-order valence-corrected chi connectivity index (χ1v) is 8.07. The fraction of sp³-hybridized carbons (Fsp3) is 0.125. The van der Waals surface area contributed by atoms with Crippen LogP contribution in [0, 0.1) is 19.3 Å². The molecular formula is C16H14N2O4S. The number of hydrogen-bond acceptors (Lipinski definition) is 5. The minimum absolute atomic E-state index is 0.0429. The van der Waals surface area contributed by atoms with Crippen LogP contribution in [0.3, 0.4) is 0 Å². The molecule has 0 aliphatic heterocycles. The summed E-state index contributed by atoms with van der Waals surface area (Å²) in [6.07, 6.45) is 6.10. The number of nitrogens with zero attached hydrogens (tertiary/aromatic N) is 1. The highest BCUT2D eigenvalue weighted by Crippen LogP contribution is 2.16. The average Bonchev–Trinajstić information content (AvgIpc) is 2.53. The number of carbonyl (C=O) groups excluding carboxylic acids is 1. The van der Waals surface area contributed by atoms with Gasteiger partial charge in [0.25, 0.3) is 10.0 Å². The molecule has 1 N–H and O–H groups in total. The predicted octanol–water partition coefficient (Wildman–Crippen LogP) is 2.18. The van der Waals surface area contributed by atoms with E-state index in [1.807, 2.05) is 11.6 Å². The van der Waals surface area contributed by atoms with Crippen molar-refractivity contribution in [3.05, 3.63) is 59.9 Å². The lowest BCUT2D eigenvalue weighted by atomic mass is 10.2. The number of aryl methyl sites for hydroxylation is 1. The maximum absolute atomic E-state index is 12.1. The minimum Gasteiger partial charge on any atom is -0.427 e. The fourth-order valence-corrected chi connectivity index (χ4v) is 2.63. The van der Waals surface area contributed by atoms with Crippen molar-refractivity contribution in [1.29, 1.82) is 0 Å². The Bertz CT molecular complexity index is 825. The van der Waals surface area contributed by atoms with Crippen molar-refractivity contribution < 1.29 is 17.9 Å². The van der Waals surface area contributed by atoms with Gasteiger partial charge in [0, 0.05) is 18.0 Å². The van der Waals surface area contributed by atoms with Crippen molar-refractivity contribution in [2.24, 2.45) is 0 Å². The van der Waals surface area contributed by atoms with Gasteiger partial charge >= 0.3 is 6.09 Å². The highest BCUT2D eigenvalue weighted by molar-refractivity contribution is 7.90. The van der Waals surface area contributed by atoms with Crippen molar-refractivity contribution in [2.45, 2.75) is 17.9 Å². The van der Waals surface area contributed by atoms with E-state index < -0.39 is 22.2 Å². The van der Waals surface area contributed by atoms with Gasteiger partial charge in [-0.1, -0.05) is 29.7 Å². The van der Waals surface area contributed by atoms with Crippen LogP contribution in [-0.2, 0) is 14.8 Å². The normalized spacial score (nSPS) is 12.0. The number of carbonyl (C=O) groups is 1. The van der Waals surface area contributed by atoms with E-state index in [0.29, 0.717) is 5.56 Å². The Balaban J connectivity index is 2.09. The molecule has 1 unspecified atom stereocenters. The number of terminal acetylenes is 1. The maximum Gasteiger partial charge on any atom is 0.422 e. The number of sulfonamides is 1. The number of aromatic nitrogens is 1. The molecule has 0 aliphatic rings. The van der Waals surface area contributed by atoms with Gasteiger partial charge in [-0.3, -0.25) is 4.98 Å². The first kappa shape index (κ1) is 16.5. The highest BCUT2D eigenvalue weighted by Gasteiger charge is 2.21. The van der Waals surface area contributed by atoms with Gasteiger partial charge in [-0.25, -0.2) is 17.9 Å². The maximum atomic E-state index is 12.1. The molecule has 1 atom stereocenters. The monoisotopic (exact) mass is 330 g/mol. The number of nitrogens with one attached hydrogen (secondary N) is 1. The fourth-order valence-electron chi connectivity index (χ4n) is 1.75. The van der Waals surface area contributed by atoms with Crippen LogP contribution in [0.2, 0.25) is 0 Å². The molecule has 1 aromatic heterocycles. The Labute approximate surface area is 134 Å². The topological polar surface area (TPSA) is 85.4 Å². The van der Waals surface area contributed by atoms with Crippen molar-refractivity contribution in [1.82, 2.24) is 9.71 Å². The largest absolute Gasteiger partial charge is 0.427 e. The van der Waals surface area contributed by atoms with E-state index in [4.69, 9.17) is 11.2 Å². The van der Waals surface area contributed by atoms with E-state index in [1.165, 1.54) is 18.3 Å². The Morgan fingerprint density at radius 3 is 2.57 bits per heavy atom. The van der Waals surface area contributed by atoms with E-state index in [2.05, 4.69) is 10.9 Å². The van der Waals surface area contributed by atoms with E-state index in [-0.39, 0.29) is 4.90 Å². The summed E-state index contributed by atoms with van der Waals surface area (Å²) in [5.74, 6) is 2.26. The third-order valence-corrected chi connectivity index (χ3v) is 4.24. The van der Waals surface area contributed by atoms with E-state index >= 15 is 0 Å². The third kappa shape index (κ3) is 4.31. The average molecular weight is 330 g/mol. The second kappa shape index (κ2) is 6.94. The molecule has 1 heterocycles. The molecule has 7 heteroatoms. The summed E-state index contributed by atoms with van der Waals surface area (Å²) in [5, 5.41) is 0. The summed E-state index contributed by atoms with van der Waals surface area (Å²) in [5.41, 5.74) is 1.37. The first-order chi connectivity index (χ1) is 10.9. The van der Waals surface area contributed by atoms with Crippen molar-refractivity contribution in [3.8, 4) is 12.3 Å². The van der Waals surface area contributed by atoms with Crippen molar-refractivity contribution in [2.75, 3.05) is 0 Å². The molecule has 0 aliphatic carbocycles. The summed E-state index contributed by atoms with van der Waals surface area (Å²) >= 11 is 0. The zero-order valence-corrected chi connectivity index (χ0v) is 13.1. The van der Waals surface area contributed by atoms with Gasteiger partial charge in [0.15, 0.2) is 6.10 Å². The zero-order chi connectivity index (χ0) is 16.9. The Kier molecular flexibility index (Phi) is 4.98. The lowest BCUT2D eigenvalue weighted by Crippen LogP contribution is -2.32. The van der Waals surface area contributed by atoms with Crippen LogP contribution in [-0.4, -0.2) is 19.5 Å². The van der Waals surface area contributed by atoms with Crippen LogP contribution < -0.4 is 4.72 Å². The van der Waals surface area contributed by atoms with E-state index in [1.54, 1.807) is 30.5 Å². The van der Waals surface area contributed by atoms with E-state index in [0.717, 1.165) is 5.56 Å². The van der Waals surface area contributed by atoms with Gasteiger partial charge < -0.3 is 4.74 Å². The number of hydrogen-bond donors (Lipinski definition) is 1. The quantitative estimate of drug-likeness (QED) is 0.869. The molecule has 23 heavy (non-hydrogen) atoms.